The first kappa shape index (κ1) is 16.5. The van der Waals surface area contributed by atoms with Crippen molar-refractivity contribution in [1.29, 1.82) is 0 Å². The number of non-ortho nitro benzene ring substituents is 1. The molecule has 4 aromatic rings. The molecule has 132 valence electrons. The first-order valence-corrected chi connectivity index (χ1v) is 8.16. The largest absolute Gasteiger partial charge is 0.519 e. The zero-order valence-electron chi connectivity index (χ0n) is 14.0. The molecule has 4 aromatic carbocycles. The van der Waals surface area contributed by atoms with Crippen LogP contribution >= 0.6 is 0 Å². The second-order valence-electron chi connectivity index (χ2n) is 5.87. The molecule has 0 bridgehead atoms. The Bertz CT molecular complexity index is 1170. The smallest absolute Gasteiger partial charge is 0.395 e. The van der Waals surface area contributed by atoms with Crippen molar-refractivity contribution in [2.75, 3.05) is 0 Å². The van der Waals surface area contributed by atoms with Crippen LogP contribution in [-0.2, 0) is 0 Å². The van der Waals surface area contributed by atoms with Gasteiger partial charge in [0, 0.05) is 12.1 Å². The van der Waals surface area contributed by atoms with Crippen LogP contribution < -0.4 is 9.47 Å². The Labute approximate surface area is 153 Å². The molecule has 0 fully saturated rings. The molecule has 0 aromatic heterocycles. The van der Waals surface area contributed by atoms with E-state index in [1.165, 1.54) is 24.3 Å². The molecule has 27 heavy (non-hydrogen) atoms. The molecule has 0 aliphatic rings. The van der Waals surface area contributed by atoms with Crippen LogP contribution in [0.3, 0.4) is 0 Å². The summed E-state index contributed by atoms with van der Waals surface area (Å²) in [6.07, 6.45) is -0.913. The molecular formula is C21H13NO5. The maximum atomic E-state index is 12.0. The van der Waals surface area contributed by atoms with Crippen LogP contribution in [0.4, 0.5) is 10.5 Å². The number of benzene rings is 4. The van der Waals surface area contributed by atoms with Gasteiger partial charge in [-0.3, -0.25) is 10.1 Å². The molecule has 6 nitrogen and oxygen atoms in total. The van der Waals surface area contributed by atoms with Gasteiger partial charge in [0.05, 0.1) is 4.92 Å². The van der Waals surface area contributed by atoms with Gasteiger partial charge in [-0.25, -0.2) is 4.79 Å². The fraction of sp³-hybridized carbons (Fsp3) is 0. The van der Waals surface area contributed by atoms with Gasteiger partial charge < -0.3 is 9.47 Å². The summed E-state index contributed by atoms with van der Waals surface area (Å²) >= 11 is 0. The molecule has 0 radical (unpaired) electrons. The SMILES string of the molecule is O=C(Oc1ccc([N+](=O)[O-])cc1)Oc1ccc2ccc3ccccc3c2c1. The van der Waals surface area contributed by atoms with Gasteiger partial charge in [-0.2, -0.15) is 0 Å². The summed E-state index contributed by atoms with van der Waals surface area (Å²) in [5.74, 6) is 0.516. The Hall–Kier alpha value is -3.93. The second-order valence-corrected chi connectivity index (χ2v) is 5.87. The van der Waals surface area contributed by atoms with Gasteiger partial charge in [-0.15, -0.1) is 0 Å². The van der Waals surface area contributed by atoms with Crippen LogP contribution in [0.5, 0.6) is 11.5 Å². The lowest BCUT2D eigenvalue weighted by Gasteiger charge is -2.08. The van der Waals surface area contributed by atoms with Crippen molar-refractivity contribution in [3.63, 3.8) is 0 Å². The number of ether oxygens (including phenoxy) is 2. The Morgan fingerprint density at radius 2 is 1.33 bits per heavy atom. The maximum absolute atomic E-state index is 12.0. The van der Waals surface area contributed by atoms with E-state index in [1.807, 2.05) is 42.5 Å². The lowest BCUT2D eigenvalue weighted by atomic mass is 10.0. The Morgan fingerprint density at radius 3 is 2.07 bits per heavy atom. The van der Waals surface area contributed by atoms with Gasteiger partial charge in [-0.1, -0.05) is 42.5 Å². The molecule has 0 amide bonds. The van der Waals surface area contributed by atoms with E-state index in [2.05, 4.69) is 0 Å². The Morgan fingerprint density at radius 1 is 0.741 bits per heavy atom. The fourth-order valence-electron chi connectivity index (χ4n) is 2.89. The molecule has 0 atom stereocenters. The summed E-state index contributed by atoms with van der Waals surface area (Å²) in [7, 11) is 0. The van der Waals surface area contributed by atoms with E-state index in [0.29, 0.717) is 5.75 Å². The molecule has 0 spiro atoms. The van der Waals surface area contributed by atoms with Crippen LogP contribution in [0.25, 0.3) is 21.5 Å². The molecule has 0 N–H and O–H groups in total. The minimum absolute atomic E-state index is 0.0860. The monoisotopic (exact) mass is 359 g/mol. The lowest BCUT2D eigenvalue weighted by Crippen LogP contribution is -2.13. The van der Waals surface area contributed by atoms with Gasteiger partial charge in [-0.05, 0) is 45.8 Å². The predicted molar refractivity (Wildman–Crippen MR) is 101 cm³/mol. The summed E-state index contributed by atoms with van der Waals surface area (Å²) in [6.45, 7) is 0. The average Bonchev–Trinajstić information content (AvgIpc) is 2.68. The average molecular weight is 359 g/mol. The van der Waals surface area contributed by atoms with Crippen molar-refractivity contribution in [2.45, 2.75) is 0 Å². The van der Waals surface area contributed by atoms with E-state index in [-0.39, 0.29) is 11.4 Å². The zero-order chi connectivity index (χ0) is 18.8. The highest BCUT2D eigenvalue weighted by molar-refractivity contribution is 6.07. The summed E-state index contributed by atoms with van der Waals surface area (Å²) in [5.41, 5.74) is -0.0860. The number of fused-ring (bicyclic) bond motifs is 3. The summed E-state index contributed by atoms with van der Waals surface area (Å²) < 4.78 is 10.3. The molecule has 4 rings (SSSR count). The van der Waals surface area contributed by atoms with Gasteiger partial charge >= 0.3 is 6.16 Å². The summed E-state index contributed by atoms with van der Waals surface area (Å²) in [6, 6.07) is 22.5. The number of nitrogens with zero attached hydrogens (tertiary/aromatic N) is 1. The van der Waals surface area contributed by atoms with E-state index in [4.69, 9.17) is 9.47 Å². The molecule has 6 heteroatoms. The van der Waals surface area contributed by atoms with E-state index in [9.17, 15) is 14.9 Å². The highest BCUT2D eigenvalue weighted by atomic mass is 16.7. The number of hydrogen-bond donors (Lipinski definition) is 0. The van der Waals surface area contributed by atoms with Crippen molar-refractivity contribution in [3.8, 4) is 11.5 Å². The summed E-state index contributed by atoms with van der Waals surface area (Å²) in [4.78, 5) is 22.1. The predicted octanol–water partition coefficient (Wildman–Crippen LogP) is 5.48. The number of nitro benzene ring substituents is 1. The minimum atomic E-state index is -0.913. The molecule has 0 aliphatic heterocycles. The van der Waals surface area contributed by atoms with Gasteiger partial charge in [0.2, 0.25) is 0 Å². The van der Waals surface area contributed by atoms with Crippen LogP contribution in [0, 0.1) is 10.1 Å². The van der Waals surface area contributed by atoms with E-state index in [0.717, 1.165) is 21.5 Å². The number of carbonyl (C=O) groups is 1. The van der Waals surface area contributed by atoms with Crippen LogP contribution in [0.15, 0.2) is 78.9 Å². The van der Waals surface area contributed by atoms with Crippen molar-refractivity contribution in [1.82, 2.24) is 0 Å². The van der Waals surface area contributed by atoms with Crippen molar-refractivity contribution in [3.05, 3.63) is 89.0 Å². The molecule has 0 saturated carbocycles. The van der Waals surface area contributed by atoms with E-state index >= 15 is 0 Å². The molecule has 0 heterocycles. The lowest BCUT2D eigenvalue weighted by molar-refractivity contribution is -0.384. The van der Waals surface area contributed by atoms with Crippen molar-refractivity contribution in [2.24, 2.45) is 0 Å². The fourth-order valence-corrected chi connectivity index (χ4v) is 2.89. The normalized spacial score (nSPS) is 10.7. The van der Waals surface area contributed by atoms with Crippen LogP contribution in [0.1, 0.15) is 0 Å². The Balaban J connectivity index is 1.56. The number of carbonyl (C=O) groups excluding carboxylic acids is 1. The molecule has 0 saturated heterocycles. The maximum Gasteiger partial charge on any atom is 0.519 e. The molecule has 0 unspecified atom stereocenters. The van der Waals surface area contributed by atoms with Crippen LogP contribution in [0.2, 0.25) is 0 Å². The second kappa shape index (κ2) is 6.76. The van der Waals surface area contributed by atoms with Crippen molar-refractivity contribution < 1.29 is 19.2 Å². The highest BCUT2D eigenvalue weighted by Crippen LogP contribution is 2.29. The molecular weight excluding hydrogens is 346 g/mol. The number of rotatable bonds is 3. The van der Waals surface area contributed by atoms with Gasteiger partial charge in [0.1, 0.15) is 11.5 Å². The quantitative estimate of drug-likeness (QED) is 0.159. The first-order valence-electron chi connectivity index (χ1n) is 8.16. The zero-order valence-corrected chi connectivity index (χ0v) is 14.0. The summed E-state index contributed by atoms with van der Waals surface area (Å²) in [5, 5.41) is 14.8. The Kier molecular flexibility index (Phi) is 4.14. The number of nitro groups is 1. The third-order valence-electron chi connectivity index (χ3n) is 4.17. The van der Waals surface area contributed by atoms with Crippen molar-refractivity contribution >= 4 is 33.4 Å². The third kappa shape index (κ3) is 3.41. The van der Waals surface area contributed by atoms with Crippen LogP contribution in [-0.4, -0.2) is 11.1 Å². The standard InChI is InChI=1S/C21H13NO5/c23-21(26-17-11-8-16(9-12-17)22(24)25)27-18-10-7-15-6-5-14-3-1-2-4-19(14)20(15)13-18/h1-13H. The first-order chi connectivity index (χ1) is 13.1. The highest BCUT2D eigenvalue weighted by Gasteiger charge is 2.11. The van der Waals surface area contributed by atoms with E-state index in [1.54, 1.807) is 12.1 Å². The molecule has 0 aliphatic carbocycles. The number of hydrogen-bond acceptors (Lipinski definition) is 5. The van der Waals surface area contributed by atoms with Gasteiger partial charge in [0.15, 0.2) is 0 Å². The van der Waals surface area contributed by atoms with Gasteiger partial charge in [0.25, 0.3) is 5.69 Å². The minimum Gasteiger partial charge on any atom is -0.395 e. The van der Waals surface area contributed by atoms with E-state index < -0.39 is 11.1 Å². The third-order valence-corrected chi connectivity index (χ3v) is 4.17. The topological polar surface area (TPSA) is 78.7 Å².